The molecule has 4 heteroatoms. The van der Waals surface area contributed by atoms with Gasteiger partial charge < -0.3 is 5.11 Å². The van der Waals surface area contributed by atoms with E-state index < -0.39 is 12.0 Å². The number of hydrogen-bond acceptors (Lipinski definition) is 3. The van der Waals surface area contributed by atoms with Crippen LogP contribution < -0.4 is 0 Å². The summed E-state index contributed by atoms with van der Waals surface area (Å²) in [6.45, 7) is 0. The van der Waals surface area contributed by atoms with E-state index >= 15 is 0 Å². The Bertz CT molecular complexity index is 297. The van der Waals surface area contributed by atoms with Gasteiger partial charge in [-0.3, -0.25) is 0 Å². The zero-order valence-electron chi connectivity index (χ0n) is 6.88. The smallest absolute Gasteiger partial charge is 0.332 e. The number of benzene rings is 1. The molecule has 0 fully saturated rings. The van der Waals surface area contributed by atoms with Crippen molar-refractivity contribution in [2.45, 2.75) is 12.5 Å². The standard InChI is InChI=1S/C9H9NO3/c11-9(12)8(10-13)6-7-4-2-1-3-5-7/h1-5,8H,6H2,(H,11,12). The topological polar surface area (TPSA) is 66.7 Å². The van der Waals surface area contributed by atoms with Gasteiger partial charge in [0.1, 0.15) is 0 Å². The molecule has 0 spiro atoms. The van der Waals surface area contributed by atoms with Crippen molar-refractivity contribution in [3.05, 3.63) is 40.8 Å². The van der Waals surface area contributed by atoms with Crippen LogP contribution in [-0.2, 0) is 11.2 Å². The summed E-state index contributed by atoms with van der Waals surface area (Å²) < 4.78 is 0. The highest BCUT2D eigenvalue weighted by atomic mass is 16.4. The first-order valence-electron chi connectivity index (χ1n) is 3.83. The lowest BCUT2D eigenvalue weighted by Crippen LogP contribution is -2.19. The van der Waals surface area contributed by atoms with Crippen molar-refractivity contribution in [1.82, 2.24) is 0 Å². The van der Waals surface area contributed by atoms with E-state index in [1.165, 1.54) is 0 Å². The van der Waals surface area contributed by atoms with E-state index in [2.05, 4.69) is 5.18 Å². The average molecular weight is 179 g/mol. The summed E-state index contributed by atoms with van der Waals surface area (Å²) in [4.78, 5) is 20.6. The molecule has 0 saturated carbocycles. The molecule has 1 aromatic carbocycles. The number of carboxylic acids is 1. The number of carbonyl (C=O) groups is 1. The Labute approximate surface area is 75.2 Å². The Morgan fingerprint density at radius 3 is 2.46 bits per heavy atom. The zero-order chi connectivity index (χ0) is 9.68. The highest BCUT2D eigenvalue weighted by molar-refractivity contribution is 5.74. The van der Waals surface area contributed by atoms with Gasteiger partial charge >= 0.3 is 5.97 Å². The van der Waals surface area contributed by atoms with Gasteiger partial charge in [0, 0.05) is 6.42 Å². The van der Waals surface area contributed by atoms with Crippen LogP contribution in [0.5, 0.6) is 0 Å². The summed E-state index contributed by atoms with van der Waals surface area (Å²) in [5.41, 5.74) is 0.800. The molecule has 0 aliphatic rings. The predicted octanol–water partition coefficient (Wildman–Crippen LogP) is 1.45. The summed E-state index contributed by atoms with van der Waals surface area (Å²) in [6.07, 6.45) is 0.152. The molecular weight excluding hydrogens is 170 g/mol. The molecule has 1 rings (SSSR count). The number of nitroso groups, excluding NO2 is 1. The maximum absolute atomic E-state index is 10.4. The number of aliphatic carboxylic acids is 1. The summed E-state index contributed by atoms with van der Waals surface area (Å²) in [5, 5.41) is 11.1. The second-order valence-corrected chi connectivity index (χ2v) is 2.65. The van der Waals surface area contributed by atoms with Crippen LogP contribution in [-0.4, -0.2) is 17.1 Å². The molecule has 4 nitrogen and oxygen atoms in total. The van der Waals surface area contributed by atoms with Gasteiger partial charge in [-0.15, -0.1) is 4.91 Å². The van der Waals surface area contributed by atoms with Crippen LogP contribution in [0, 0.1) is 4.91 Å². The van der Waals surface area contributed by atoms with Crippen molar-refractivity contribution in [1.29, 1.82) is 0 Å². The minimum atomic E-state index is -1.18. The second-order valence-electron chi connectivity index (χ2n) is 2.65. The molecular formula is C9H9NO3. The van der Waals surface area contributed by atoms with E-state index in [-0.39, 0.29) is 6.42 Å². The van der Waals surface area contributed by atoms with E-state index in [0.29, 0.717) is 0 Å². The van der Waals surface area contributed by atoms with Crippen LogP contribution in [0.2, 0.25) is 0 Å². The molecule has 1 atom stereocenters. The van der Waals surface area contributed by atoms with Crippen LogP contribution in [0.1, 0.15) is 5.56 Å². The molecule has 0 saturated heterocycles. The van der Waals surface area contributed by atoms with Gasteiger partial charge in [0.15, 0.2) is 6.04 Å². The normalized spacial score (nSPS) is 12.0. The number of hydrogen-bond donors (Lipinski definition) is 1. The molecule has 0 amide bonds. The Morgan fingerprint density at radius 1 is 1.38 bits per heavy atom. The molecule has 0 bridgehead atoms. The molecule has 68 valence electrons. The van der Waals surface area contributed by atoms with Gasteiger partial charge in [0.2, 0.25) is 0 Å². The summed E-state index contributed by atoms with van der Waals surface area (Å²) in [6, 6.07) is 7.76. The molecule has 0 aliphatic carbocycles. The van der Waals surface area contributed by atoms with Crippen molar-refractivity contribution in [2.24, 2.45) is 5.18 Å². The first kappa shape index (κ1) is 9.38. The van der Waals surface area contributed by atoms with Gasteiger partial charge in [-0.05, 0) is 5.56 Å². The zero-order valence-corrected chi connectivity index (χ0v) is 6.88. The van der Waals surface area contributed by atoms with Crippen molar-refractivity contribution < 1.29 is 9.90 Å². The monoisotopic (exact) mass is 179 g/mol. The third kappa shape index (κ3) is 2.66. The summed E-state index contributed by atoms with van der Waals surface area (Å²) >= 11 is 0. The fourth-order valence-electron chi connectivity index (χ4n) is 1.01. The molecule has 0 aliphatic heterocycles. The fraction of sp³-hybridized carbons (Fsp3) is 0.222. The quantitative estimate of drug-likeness (QED) is 0.711. The molecule has 1 aromatic rings. The highest BCUT2D eigenvalue weighted by Gasteiger charge is 2.17. The molecule has 13 heavy (non-hydrogen) atoms. The van der Waals surface area contributed by atoms with Crippen LogP contribution >= 0.6 is 0 Å². The van der Waals surface area contributed by atoms with Gasteiger partial charge in [0.25, 0.3) is 0 Å². The first-order valence-corrected chi connectivity index (χ1v) is 3.83. The van der Waals surface area contributed by atoms with E-state index in [9.17, 15) is 9.70 Å². The number of carboxylic acid groups (broad SMARTS) is 1. The molecule has 0 aromatic heterocycles. The minimum absolute atomic E-state index is 0.152. The third-order valence-electron chi connectivity index (χ3n) is 1.68. The molecule has 1 unspecified atom stereocenters. The lowest BCUT2D eigenvalue weighted by molar-refractivity contribution is -0.138. The largest absolute Gasteiger partial charge is 0.480 e. The fourth-order valence-corrected chi connectivity index (χ4v) is 1.01. The lowest BCUT2D eigenvalue weighted by atomic mass is 10.1. The summed E-state index contributed by atoms with van der Waals surface area (Å²) in [7, 11) is 0. The summed E-state index contributed by atoms with van der Waals surface area (Å²) in [5.74, 6) is -1.18. The van der Waals surface area contributed by atoms with Gasteiger partial charge in [-0.2, -0.15) is 0 Å². The second kappa shape index (κ2) is 4.35. The van der Waals surface area contributed by atoms with Crippen molar-refractivity contribution in [3.63, 3.8) is 0 Å². The Balaban J connectivity index is 2.67. The Hall–Kier alpha value is -1.71. The van der Waals surface area contributed by atoms with E-state index in [1.54, 1.807) is 24.3 Å². The lowest BCUT2D eigenvalue weighted by Gasteiger charge is -2.02. The van der Waals surface area contributed by atoms with Gasteiger partial charge in [0.05, 0.1) is 0 Å². The Kier molecular flexibility index (Phi) is 3.14. The third-order valence-corrected chi connectivity index (χ3v) is 1.68. The SMILES string of the molecule is O=NC(Cc1ccccc1)C(=O)O. The predicted molar refractivity (Wildman–Crippen MR) is 47.4 cm³/mol. The number of rotatable bonds is 4. The van der Waals surface area contributed by atoms with E-state index in [1.807, 2.05) is 6.07 Å². The van der Waals surface area contributed by atoms with Crippen molar-refractivity contribution >= 4 is 5.97 Å². The van der Waals surface area contributed by atoms with Crippen LogP contribution in [0.15, 0.2) is 35.5 Å². The molecule has 0 radical (unpaired) electrons. The molecule has 1 N–H and O–H groups in total. The van der Waals surface area contributed by atoms with Crippen molar-refractivity contribution in [2.75, 3.05) is 0 Å². The van der Waals surface area contributed by atoms with Crippen LogP contribution in [0.3, 0.4) is 0 Å². The van der Waals surface area contributed by atoms with Crippen LogP contribution in [0.4, 0.5) is 0 Å². The van der Waals surface area contributed by atoms with Crippen molar-refractivity contribution in [3.8, 4) is 0 Å². The van der Waals surface area contributed by atoms with Crippen LogP contribution in [0.25, 0.3) is 0 Å². The minimum Gasteiger partial charge on any atom is -0.480 e. The molecule has 0 heterocycles. The maximum Gasteiger partial charge on any atom is 0.332 e. The average Bonchev–Trinajstić information content (AvgIpc) is 2.15. The number of nitrogens with zero attached hydrogens (tertiary/aromatic N) is 1. The van der Waals surface area contributed by atoms with E-state index in [0.717, 1.165) is 5.56 Å². The Morgan fingerprint density at radius 2 is 2.00 bits per heavy atom. The highest BCUT2D eigenvalue weighted by Crippen LogP contribution is 2.05. The van der Waals surface area contributed by atoms with E-state index in [4.69, 9.17) is 5.11 Å². The van der Waals surface area contributed by atoms with Gasteiger partial charge in [-0.1, -0.05) is 35.5 Å². The van der Waals surface area contributed by atoms with Gasteiger partial charge in [-0.25, -0.2) is 4.79 Å². The maximum atomic E-state index is 10.4. The first-order chi connectivity index (χ1) is 6.24.